The summed E-state index contributed by atoms with van der Waals surface area (Å²) in [6.07, 6.45) is 0. The van der Waals surface area contributed by atoms with Crippen molar-refractivity contribution >= 4 is 26.7 Å². The van der Waals surface area contributed by atoms with Crippen molar-refractivity contribution in [1.82, 2.24) is 5.43 Å². The van der Waals surface area contributed by atoms with Crippen LogP contribution in [0.25, 0.3) is 10.8 Å². The fraction of sp³-hybridized carbons (Fsp3) is 0.111. The Balaban J connectivity index is 2.18. The summed E-state index contributed by atoms with van der Waals surface area (Å²) in [6, 6.07) is 21.0. The van der Waals surface area contributed by atoms with Crippen molar-refractivity contribution in [1.29, 1.82) is 0 Å². The van der Waals surface area contributed by atoms with Crippen LogP contribution in [0.15, 0.2) is 65.1 Å². The number of fused-ring (bicyclic) bond motifs is 1. The fourth-order valence-electron chi connectivity index (χ4n) is 2.80. The van der Waals surface area contributed by atoms with Gasteiger partial charge in [0.25, 0.3) is 0 Å². The molecular formula is C18H17BrN2. The highest BCUT2D eigenvalue weighted by Crippen LogP contribution is 2.30. The van der Waals surface area contributed by atoms with Gasteiger partial charge in [-0.2, -0.15) is 0 Å². The topological polar surface area (TPSA) is 38.0 Å². The van der Waals surface area contributed by atoms with Gasteiger partial charge in [-0.05, 0) is 46.5 Å². The number of hydrogen-bond donors (Lipinski definition) is 2. The van der Waals surface area contributed by atoms with Gasteiger partial charge in [0.2, 0.25) is 0 Å². The van der Waals surface area contributed by atoms with E-state index in [1.54, 1.807) is 0 Å². The number of aryl methyl sites for hydroxylation is 1. The van der Waals surface area contributed by atoms with Crippen molar-refractivity contribution in [2.45, 2.75) is 13.0 Å². The summed E-state index contributed by atoms with van der Waals surface area (Å²) < 4.78 is 1.07. The van der Waals surface area contributed by atoms with E-state index >= 15 is 0 Å². The molecule has 21 heavy (non-hydrogen) atoms. The van der Waals surface area contributed by atoms with E-state index in [0.717, 1.165) is 10.0 Å². The quantitative estimate of drug-likeness (QED) is 0.545. The maximum absolute atomic E-state index is 5.86. The SMILES string of the molecule is Cc1cc(Br)cc(C(NN)c2cccc3ccccc23)c1. The van der Waals surface area contributed by atoms with Crippen LogP contribution in [0.4, 0.5) is 0 Å². The lowest BCUT2D eigenvalue weighted by atomic mass is 9.93. The van der Waals surface area contributed by atoms with Gasteiger partial charge in [-0.25, -0.2) is 5.43 Å². The van der Waals surface area contributed by atoms with E-state index in [0.29, 0.717) is 0 Å². The lowest BCUT2D eigenvalue weighted by molar-refractivity contribution is 0.640. The molecule has 1 unspecified atom stereocenters. The molecule has 3 rings (SSSR count). The third-order valence-electron chi connectivity index (χ3n) is 3.70. The molecule has 0 fully saturated rings. The molecule has 0 aliphatic carbocycles. The van der Waals surface area contributed by atoms with Gasteiger partial charge in [-0.1, -0.05) is 64.5 Å². The monoisotopic (exact) mass is 340 g/mol. The first kappa shape index (κ1) is 14.3. The van der Waals surface area contributed by atoms with E-state index in [1.807, 2.05) is 0 Å². The van der Waals surface area contributed by atoms with E-state index < -0.39 is 0 Å². The van der Waals surface area contributed by atoms with Crippen molar-refractivity contribution < 1.29 is 0 Å². The molecule has 3 heteroatoms. The Morgan fingerprint density at radius 3 is 2.52 bits per heavy atom. The minimum atomic E-state index is -0.0349. The zero-order valence-electron chi connectivity index (χ0n) is 11.8. The highest BCUT2D eigenvalue weighted by atomic mass is 79.9. The molecule has 0 bridgehead atoms. The Morgan fingerprint density at radius 1 is 1.00 bits per heavy atom. The van der Waals surface area contributed by atoms with E-state index in [4.69, 9.17) is 5.84 Å². The third kappa shape index (κ3) is 2.86. The Kier molecular flexibility index (Phi) is 4.06. The molecule has 0 spiro atoms. The number of hydrazine groups is 1. The first-order chi connectivity index (χ1) is 10.2. The molecular weight excluding hydrogens is 324 g/mol. The Bertz CT molecular complexity index is 758. The van der Waals surface area contributed by atoms with Crippen LogP contribution in [0, 0.1) is 6.92 Å². The minimum Gasteiger partial charge on any atom is -0.271 e. The summed E-state index contributed by atoms with van der Waals surface area (Å²) >= 11 is 3.56. The molecule has 0 aliphatic heterocycles. The normalized spacial score (nSPS) is 12.5. The minimum absolute atomic E-state index is 0.0349. The number of rotatable bonds is 3. The van der Waals surface area contributed by atoms with Crippen LogP contribution >= 0.6 is 15.9 Å². The van der Waals surface area contributed by atoms with Crippen molar-refractivity contribution in [3.63, 3.8) is 0 Å². The number of halogens is 1. The molecule has 2 nitrogen and oxygen atoms in total. The zero-order valence-corrected chi connectivity index (χ0v) is 13.4. The zero-order chi connectivity index (χ0) is 14.8. The summed E-state index contributed by atoms with van der Waals surface area (Å²) in [4.78, 5) is 0. The van der Waals surface area contributed by atoms with Gasteiger partial charge in [0.1, 0.15) is 0 Å². The molecule has 0 aliphatic rings. The van der Waals surface area contributed by atoms with Gasteiger partial charge >= 0.3 is 0 Å². The van der Waals surface area contributed by atoms with Crippen LogP contribution in [0.1, 0.15) is 22.7 Å². The van der Waals surface area contributed by atoms with Crippen LogP contribution in [0.2, 0.25) is 0 Å². The lowest BCUT2D eigenvalue weighted by Crippen LogP contribution is -2.29. The van der Waals surface area contributed by atoms with Gasteiger partial charge in [0, 0.05) is 4.47 Å². The molecule has 3 aromatic carbocycles. The summed E-state index contributed by atoms with van der Waals surface area (Å²) in [7, 11) is 0. The number of nitrogens with two attached hydrogens (primary N) is 1. The largest absolute Gasteiger partial charge is 0.271 e. The van der Waals surface area contributed by atoms with Gasteiger partial charge in [0.05, 0.1) is 6.04 Å². The van der Waals surface area contributed by atoms with Crippen LogP contribution in [0.3, 0.4) is 0 Å². The second-order valence-corrected chi connectivity index (χ2v) is 6.15. The van der Waals surface area contributed by atoms with E-state index in [1.165, 1.54) is 21.9 Å². The molecule has 3 N–H and O–H groups in total. The maximum atomic E-state index is 5.86. The molecule has 3 aromatic rings. The van der Waals surface area contributed by atoms with Crippen molar-refractivity contribution in [2.75, 3.05) is 0 Å². The molecule has 0 saturated carbocycles. The number of nitrogens with one attached hydrogen (secondary N) is 1. The third-order valence-corrected chi connectivity index (χ3v) is 4.16. The molecule has 1 atom stereocenters. The standard InChI is InChI=1S/C18H17BrN2/c1-12-9-14(11-15(19)10-12)18(21-20)17-8-4-6-13-5-2-3-7-16(13)17/h2-11,18,21H,20H2,1H3. The van der Waals surface area contributed by atoms with Gasteiger partial charge in [-0.15, -0.1) is 0 Å². The van der Waals surface area contributed by atoms with Crippen molar-refractivity contribution in [3.05, 3.63) is 81.8 Å². The highest BCUT2D eigenvalue weighted by molar-refractivity contribution is 9.10. The van der Waals surface area contributed by atoms with Crippen LogP contribution in [-0.2, 0) is 0 Å². The fourth-order valence-corrected chi connectivity index (χ4v) is 3.42. The molecule has 0 radical (unpaired) electrons. The average molecular weight is 341 g/mol. The predicted octanol–water partition coefficient (Wildman–Crippen LogP) is 4.46. The van der Waals surface area contributed by atoms with Crippen LogP contribution < -0.4 is 11.3 Å². The number of hydrogen-bond acceptors (Lipinski definition) is 2. The number of benzene rings is 3. The summed E-state index contributed by atoms with van der Waals surface area (Å²) in [6.45, 7) is 2.09. The highest BCUT2D eigenvalue weighted by Gasteiger charge is 2.15. The van der Waals surface area contributed by atoms with E-state index in [2.05, 4.69) is 88.9 Å². The van der Waals surface area contributed by atoms with Crippen LogP contribution in [-0.4, -0.2) is 0 Å². The second kappa shape index (κ2) is 5.98. The first-order valence-electron chi connectivity index (χ1n) is 6.90. The lowest BCUT2D eigenvalue weighted by Gasteiger charge is -2.20. The van der Waals surface area contributed by atoms with Crippen LogP contribution in [0.5, 0.6) is 0 Å². The Labute approximate surface area is 133 Å². The van der Waals surface area contributed by atoms with Crippen molar-refractivity contribution in [2.24, 2.45) is 5.84 Å². The Hall–Kier alpha value is -1.68. The molecule has 106 valence electrons. The summed E-state index contributed by atoms with van der Waals surface area (Å²) in [5.41, 5.74) is 6.51. The average Bonchev–Trinajstić information content (AvgIpc) is 2.47. The summed E-state index contributed by atoms with van der Waals surface area (Å²) in [5.74, 6) is 5.86. The van der Waals surface area contributed by atoms with E-state index in [9.17, 15) is 0 Å². The molecule has 0 heterocycles. The van der Waals surface area contributed by atoms with E-state index in [-0.39, 0.29) is 6.04 Å². The maximum Gasteiger partial charge on any atom is 0.0716 e. The molecule has 0 amide bonds. The molecule has 0 saturated heterocycles. The van der Waals surface area contributed by atoms with Crippen molar-refractivity contribution in [3.8, 4) is 0 Å². The van der Waals surface area contributed by atoms with Gasteiger partial charge < -0.3 is 0 Å². The predicted molar refractivity (Wildman–Crippen MR) is 92.0 cm³/mol. The summed E-state index contributed by atoms with van der Waals surface area (Å²) in [5, 5.41) is 2.45. The smallest absolute Gasteiger partial charge is 0.0716 e. The first-order valence-corrected chi connectivity index (χ1v) is 7.69. The molecule has 0 aromatic heterocycles. The Morgan fingerprint density at radius 2 is 1.76 bits per heavy atom. The second-order valence-electron chi connectivity index (χ2n) is 5.23. The van der Waals surface area contributed by atoms with Gasteiger partial charge in [0.15, 0.2) is 0 Å². The van der Waals surface area contributed by atoms with Gasteiger partial charge in [-0.3, -0.25) is 5.84 Å².